The molecule has 1 rings (SSSR count). The smallest absolute Gasteiger partial charge is 0.379 e. The molecule has 0 saturated carbocycles. The molecule has 1 amide bonds. The van der Waals surface area contributed by atoms with E-state index in [1.54, 1.807) is 12.1 Å². The first-order valence-electron chi connectivity index (χ1n) is 4.05. The van der Waals surface area contributed by atoms with Crippen molar-refractivity contribution in [3.63, 3.8) is 0 Å². The molecule has 0 spiro atoms. The first-order chi connectivity index (χ1) is 7.24. The van der Waals surface area contributed by atoms with E-state index >= 15 is 0 Å². The number of carbonyl (C=O) groups is 3. The molecule has 0 aliphatic carbocycles. The van der Waals surface area contributed by atoms with Gasteiger partial charge in [0.25, 0.3) is 0 Å². The first kappa shape index (κ1) is 10.8. The van der Waals surface area contributed by atoms with Crippen LogP contribution in [0.15, 0.2) is 24.5 Å². The Morgan fingerprint density at radius 2 is 2.33 bits per heavy atom. The lowest BCUT2D eigenvalue weighted by Crippen LogP contribution is -2.29. The molecular weight excluding hydrogens is 200 g/mol. The number of pyridine rings is 1. The van der Waals surface area contributed by atoms with Crippen LogP contribution < -0.4 is 5.32 Å². The molecule has 6 nitrogen and oxygen atoms in total. The van der Waals surface area contributed by atoms with E-state index in [-0.39, 0.29) is 18.8 Å². The zero-order valence-electron chi connectivity index (χ0n) is 7.67. The summed E-state index contributed by atoms with van der Waals surface area (Å²) < 4.78 is 3.93. The van der Waals surface area contributed by atoms with Crippen LogP contribution in [0.5, 0.6) is 0 Å². The predicted molar refractivity (Wildman–Crippen MR) is 49.1 cm³/mol. The highest BCUT2D eigenvalue weighted by Gasteiger charge is 2.07. The van der Waals surface area contributed by atoms with Crippen LogP contribution in [0.4, 0.5) is 4.79 Å². The van der Waals surface area contributed by atoms with E-state index in [2.05, 4.69) is 15.0 Å². The number of ether oxygens (including phenoxy) is 1. The SMILES string of the molecule is O=COC(=O)NCC(=O)c1cccnc1. The molecule has 1 N–H and O–H groups in total. The van der Waals surface area contributed by atoms with Gasteiger partial charge in [0, 0.05) is 18.0 Å². The molecule has 1 aromatic heterocycles. The average Bonchev–Trinajstić information content (AvgIpc) is 2.27. The van der Waals surface area contributed by atoms with E-state index in [0.717, 1.165) is 0 Å². The molecule has 0 saturated heterocycles. The number of hydrogen-bond acceptors (Lipinski definition) is 5. The molecule has 0 atom stereocenters. The van der Waals surface area contributed by atoms with Crippen LogP contribution in [0.25, 0.3) is 0 Å². The Labute approximate surface area is 85.3 Å². The van der Waals surface area contributed by atoms with Gasteiger partial charge in [0.15, 0.2) is 5.78 Å². The lowest BCUT2D eigenvalue weighted by atomic mass is 10.2. The van der Waals surface area contributed by atoms with Crippen molar-refractivity contribution < 1.29 is 19.1 Å². The lowest BCUT2D eigenvalue weighted by molar-refractivity contribution is -0.123. The second kappa shape index (κ2) is 5.48. The predicted octanol–water partition coefficient (Wildman–Crippen LogP) is 0.147. The summed E-state index contributed by atoms with van der Waals surface area (Å²) in [5, 5.41) is 2.11. The Morgan fingerprint density at radius 3 is 2.93 bits per heavy atom. The van der Waals surface area contributed by atoms with Gasteiger partial charge in [0.2, 0.25) is 0 Å². The highest BCUT2D eigenvalue weighted by Crippen LogP contribution is 1.95. The fourth-order valence-corrected chi connectivity index (χ4v) is 0.868. The summed E-state index contributed by atoms with van der Waals surface area (Å²) in [6, 6.07) is 3.18. The highest BCUT2D eigenvalue weighted by atomic mass is 16.6. The molecule has 0 aliphatic heterocycles. The van der Waals surface area contributed by atoms with Crippen LogP contribution in [-0.4, -0.2) is 29.9 Å². The van der Waals surface area contributed by atoms with Gasteiger partial charge in [-0.15, -0.1) is 0 Å². The quantitative estimate of drug-likeness (QED) is 0.432. The normalized spacial score (nSPS) is 9.07. The van der Waals surface area contributed by atoms with E-state index in [0.29, 0.717) is 5.56 Å². The van der Waals surface area contributed by atoms with Gasteiger partial charge in [0.05, 0.1) is 6.54 Å². The topological polar surface area (TPSA) is 85.4 Å². The Morgan fingerprint density at radius 1 is 1.53 bits per heavy atom. The third kappa shape index (κ3) is 3.55. The van der Waals surface area contributed by atoms with Crippen molar-refractivity contribution in [2.45, 2.75) is 0 Å². The average molecular weight is 208 g/mol. The molecule has 1 heterocycles. The largest absolute Gasteiger partial charge is 0.415 e. The van der Waals surface area contributed by atoms with Crippen LogP contribution in [0.1, 0.15) is 10.4 Å². The molecule has 0 radical (unpaired) electrons. The van der Waals surface area contributed by atoms with Crippen molar-refractivity contribution in [2.75, 3.05) is 6.54 Å². The summed E-state index contributed by atoms with van der Waals surface area (Å²) >= 11 is 0. The minimum atomic E-state index is -0.956. The molecule has 78 valence electrons. The molecule has 0 aliphatic rings. The Balaban J connectivity index is 2.44. The number of aromatic nitrogens is 1. The standard InChI is InChI=1S/C9H8N2O4/c12-6-15-9(14)11-5-8(13)7-2-1-3-10-4-7/h1-4,6H,5H2,(H,11,14). The third-order valence-electron chi connectivity index (χ3n) is 1.53. The monoisotopic (exact) mass is 208 g/mol. The van der Waals surface area contributed by atoms with Crippen molar-refractivity contribution in [2.24, 2.45) is 0 Å². The van der Waals surface area contributed by atoms with Crippen LogP contribution in [0, 0.1) is 0 Å². The summed E-state index contributed by atoms with van der Waals surface area (Å²) in [5.41, 5.74) is 0.379. The molecule has 0 bridgehead atoms. The molecule has 1 aromatic rings. The Kier molecular flexibility index (Phi) is 3.96. The van der Waals surface area contributed by atoms with Gasteiger partial charge < -0.3 is 10.1 Å². The molecule has 0 fully saturated rings. The summed E-state index contributed by atoms with van der Waals surface area (Å²) in [5.74, 6) is -0.314. The molecule has 0 unspecified atom stereocenters. The van der Waals surface area contributed by atoms with Gasteiger partial charge in [-0.1, -0.05) is 0 Å². The van der Waals surface area contributed by atoms with Gasteiger partial charge in [-0.05, 0) is 12.1 Å². The Bertz CT molecular complexity index is 364. The molecule has 15 heavy (non-hydrogen) atoms. The van der Waals surface area contributed by atoms with Crippen molar-refractivity contribution in [1.29, 1.82) is 0 Å². The minimum absolute atomic E-state index is 0.0100. The van der Waals surface area contributed by atoms with Gasteiger partial charge in [-0.2, -0.15) is 0 Å². The summed E-state index contributed by atoms with van der Waals surface area (Å²) in [6.07, 6.45) is 1.96. The van der Waals surface area contributed by atoms with Gasteiger partial charge in [0.1, 0.15) is 0 Å². The zero-order chi connectivity index (χ0) is 11.1. The first-order valence-corrected chi connectivity index (χ1v) is 4.05. The number of ketones is 1. The maximum Gasteiger partial charge on any atom is 0.415 e. The lowest BCUT2D eigenvalue weighted by Gasteiger charge is -2.01. The van der Waals surface area contributed by atoms with Gasteiger partial charge in [-0.3, -0.25) is 14.6 Å². The Hall–Kier alpha value is -2.24. The zero-order valence-corrected chi connectivity index (χ0v) is 7.67. The number of amides is 1. The van der Waals surface area contributed by atoms with Gasteiger partial charge in [-0.25, -0.2) is 4.79 Å². The maximum atomic E-state index is 11.4. The summed E-state index contributed by atoms with van der Waals surface area (Å²) in [6.45, 7) is -0.248. The van der Waals surface area contributed by atoms with Crippen molar-refractivity contribution in [3.8, 4) is 0 Å². The molecule has 0 aromatic carbocycles. The van der Waals surface area contributed by atoms with E-state index in [4.69, 9.17) is 0 Å². The van der Waals surface area contributed by atoms with Crippen LogP contribution >= 0.6 is 0 Å². The van der Waals surface area contributed by atoms with E-state index < -0.39 is 6.09 Å². The van der Waals surface area contributed by atoms with Crippen molar-refractivity contribution in [1.82, 2.24) is 10.3 Å². The molecule has 6 heteroatoms. The minimum Gasteiger partial charge on any atom is -0.379 e. The summed E-state index contributed by atoms with van der Waals surface area (Å²) in [4.78, 5) is 35.5. The van der Waals surface area contributed by atoms with Crippen LogP contribution in [-0.2, 0) is 9.53 Å². The summed E-state index contributed by atoms with van der Waals surface area (Å²) in [7, 11) is 0. The van der Waals surface area contributed by atoms with Crippen molar-refractivity contribution >= 4 is 18.3 Å². The molecular formula is C9H8N2O4. The van der Waals surface area contributed by atoms with Crippen molar-refractivity contribution in [3.05, 3.63) is 30.1 Å². The number of alkyl carbamates (subject to hydrolysis) is 1. The second-order valence-electron chi connectivity index (χ2n) is 2.52. The van der Waals surface area contributed by atoms with Crippen LogP contribution in [0.2, 0.25) is 0 Å². The maximum absolute atomic E-state index is 11.4. The number of hydrogen-bond donors (Lipinski definition) is 1. The fourth-order valence-electron chi connectivity index (χ4n) is 0.868. The number of nitrogens with zero attached hydrogens (tertiary/aromatic N) is 1. The third-order valence-corrected chi connectivity index (χ3v) is 1.53. The number of carbonyl (C=O) groups excluding carboxylic acids is 3. The number of rotatable bonds is 4. The second-order valence-corrected chi connectivity index (χ2v) is 2.52. The van der Waals surface area contributed by atoms with E-state index in [9.17, 15) is 14.4 Å². The number of nitrogens with one attached hydrogen (secondary N) is 1. The number of Topliss-reactive ketones (excluding diaryl/α,β-unsaturated/α-hetero) is 1. The van der Waals surface area contributed by atoms with Gasteiger partial charge >= 0.3 is 12.6 Å². The van der Waals surface area contributed by atoms with E-state index in [1.165, 1.54) is 12.4 Å². The fraction of sp³-hybridized carbons (Fsp3) is 0.111. The van der Waals surface area contributed by atoms with Crippen LogP contribution in [0.3, 0.4) is 0 Å². The highest BCUT2D eigenvalue weighted by molar-refractivity contribution is 5.98. The van der Waals surface area contributed by atoms with E-state index in [1.807, 2.05) is 0 Å².